The molecule has 0 spiro atoms. The minimum absolute atomic E-state index is 0.0191. The predicted octanol–water partition coefficient (Wildman–Crippen LogP) is -0.177. The highest BCUT2D eigenvalue weighted by Crippen LogP contribution is 1.95. The number of carbonyl (C=O) groups excluding carboxylic acids is 1. The molecule has 0 heterocycles. The summed E-state index contributed by atoms with van der Waals surface area (Å²) in [5, 5.41) is 8.26. The molecule has 0 radical (unpaired) electrons. The standard InChI is InChI=1S/C7H13N3O4S/c1-3-14-7(11)9-15(12,13)10(2)6-4-5-8/h3-4,6H2,1-2H3,(H,9,11). The summed E-state index contributed by atoms with van der Waals surface area (Å²) in [5.41, 5.74) is 0. The van der Waals surface area contributed by atoms with E-state index >= 15 is 0 Å². The Labute approximate surface area is 88.8 Å². The molecule has 7 nitrogen and oxygen atoms in total. The Hall–Kier alpha value is -1.33. The molecule has 0 aliphatic rings. The fraction of sp³-hybridized carbons (Fsp3) is 0.714. The Morgan fingerprint density at radius 3 is 2.67 bits per heavy atom. The van der Waals surface area contributed by atoms with Crippen molar-refractivity contribution in [3.8, 4) is 6.07 Å². The number of amides is 1. The van der Waals surface area contributed by atoms with Gasteiger partial charge in [0.15, 0.2) is 0 Å². The van der Waals surface area contributed by atoms with Gasteiger partial charge in [0.25, 0.3) is 0 Å². The summed E-state index contributed by atoms with van der Waals surface area (Å²) >= 11 is 0. The van der Waals surface area contributed by atoms with E-state index < -0.39 is 16.3 Å². The van der Waals surface area contributed by atoms with Crippen LogP contribution in [0, 0.1) is 11.3 Å². The highest BCUT2D eigenvalue weighted by molar-refractivity contribution is 7.87. The summed E-state index contributed by atoms with van der Waals surface area (Å²) in [6.07, 6.45) is -0.971. The van der Waals surface area contributed by atoms with Crippen LogP contribution in [0.4, 0.5) is 4.79 Å². The SMILES string of the molecule is CCOC(=O)NS(=O)(=O)N(C)CCC#N. The van der Waals surface area contributed by atoms with Crippen LogP contribution in [0.1, 0.15) is 13.3 Å². The van der Waals surface area contributed by atoms with Gasteiger partial charge >= 0.3 is 16.3 Å². The van der Waals surface area contributed by atoms with Crippen LogP contribution in [0.2, 0.25) is 0 Å². The Bertz CT molecular complexity index is 346. The molecule has 0 aliphatic carbocycles. The molecule has 0 aromatic carbocycles. The Kier molecular flexibility index (Phi) is 5.66. The van der Waals surface area contributed by atoms with Gasteiger partial charge in [-0.25, -0.2) is 9.52 Å². The van der Waals surface area contributed by atoms with Crippen molar-refractivity contribution in [3.05, 3.63) is 0 Å². The first-order valence-corrected chi connectivity index (χ1v) is 5.65. The van der Waals surface area contributed by atoms with E-state index in [1.807, 2.05) is 0 Å². The van der Waals surface area contributed by atoms with Crippen LogP contribution in [0.5, 0.6) is 0 Å². The number of hydrogen-bond donors (Lipinski definition) is 1. The molecule has 8 heteroatoms. The van der Waals surface area contributed by atoms with E-state index in [0.29, 0.717) is 0 Å². The predicted molar refractivity (Wildman–Crippen MR) is 51.9 cm³/mol. The molecule has 1 N–H and O–H groups in total. The largest absolute Gasteiger partial charge is 0.449 e. The molecule has 0 fully saturated rings. The minimum atomic E-state index is -3.90. The van der Waals surface area contributed by atoms with Gasteiger partial charge in [0, 0.05) is 20.0 Å². The molecular weight excluding hydrogens is 222 g/mol. The van der Waals surface area contributed by atoms with Crippen molar-refractivity contribution >= 4 is 16.3 Å². The van der Waals surface area contributed by atoms with Crippen molar-refractivity contribution in [2.75, 3.05) is 20.2 Å². The number of nitrogens with zero attached hydrogens (tertiary/aromatic N) is 2. The maximum Gasteiger partial charge on any atom is 0.421 e. The zero-order chi connectivity index (χ0) is 11.9. The number of nitrogens with one attached hydrogen (secondary N) is 1. The lowest BCUT2D eigenvalue weighted by atomic mass is 10.5. The van der Waals surface area contributed by atoms with Crippen LogP contribution in [0.25, 0.3) is 0 Å². The van der Waals surface area contributed by atoms with Crippen LogP contribution in [-0.2, 0) is 14.9 Å². The van der Waals surface area contributed by atoms with E-state index in [2.05, 4.69) is 4.74 Å². The molecule has 0 rings (SSSR count). The lowest BCUT2D eigenvalue weighted by Crippen LogP contribution is -2.42. The van der Waals surface area contributed by atoms with E-state index in [-0.39, 0.29) is 19.6 Å². The maximum atomic E-state index is 11.3. The van der Waals surface area contributed by atoms with Crippen LogP contribution in [0.3, 0.4) is 0 Å². The number of carbonyl (C=O) groups is 1. The molecule has 0 saturated carbocycles. The normalized spacial score (nSPS) is 10.8. The second-order valence-electron chi connectivity index (χ2n) is 2.56. The van der Waals surface area contributed by atoms with Crippen molar-refractivity contribution in [1.29, 1.82) is 5.26 Å². The first-order valence-electron chi connectivity index (χ1n) is 4.21. The maximum absolute atomic E-state index is 11.3. The summed E-state index contributed by atoms with van der Waals surface area (Å²) in [5.74, 6) is 0. The third-order valence-corrected chi connectivity index (χ3v) is 2.86. The van der Waals surface area contributed by atoms with Gasteiger partial charge in [0.1, 0.15) is 0 Å². The lowest BCUT2D eigenvalue weighted by molar-refractivity contribution is 0.158. The van der Waals surface area contributed by atoms with Crippen molar-refractivity contribution < 1.29 is 17.9 Å². The van der Waals surface area contributed by atoms with E-state index in [4.69, 9.17) is 5.26 Å². The van der Waals surface area contributed by atoms with Gasteiger partial charge in [-0.05, 0) is 6.92 Å². The minimum Gasteiger partial charge on any atom is -0.449 e. The van der Waals surface area contributed by atoms with Gasteiger partial charge < -0.3 is 4.74 Å². The molecule has 0 aliphatic heterocycles. The number of ether oxygens (including phenoxy) is 1. The fourth-order valence-corrected chi connectivity index (χ4v) is 1.43. The molecule has 86 valence electrons. The first-order chi connectivity index (χ1) is 6.94. The van der Waals surface area contributed by atoms with Crippen molar-refractivity contribution in [3.63, 3.8) is 0 Å². The highest BCUT2D eigenvalue weighted by atomic mass is 32.2. The molecule has 0 saturated heterocycles. The van der Waals surface area contributed by atoms with Gasteiger partial charge in [-0.15, -0.1) is 0 Å². The molecule has 0 bridgehead atoms. The molecule has 0 atom stereocenters. The Morgan fingerprint density at radius 1 is 1.60 bits per heavy atom. The number of hydrogen-bond acceptors (Lipinski definition) is 5. The zero-order valence-electron chi connectivity index (χ0n) is 8.56. The second kappa shape index (κ2) is 6.21. The lowest BCUT2D eigenvalue weighted by Gasteiger charge is -2.15. The summed E-state index contributed by atoms with van der Waals surface area (Å²) in [7, 11) is -2.63. The number of nitriles is 1. The van der Waals surface area contributed by atoms with E-state index in [1.54, 1.807) is 17.7 Å². The van der Waals surface area contributed by atoms with Gasteiger partial charge in [-0.1, -0.05) is 0 Å². The Morgan fingerprint density at radius 2 is 2.20 bits per heavy atom. The van der Waals surface area contributed by atoms with Gasteiger partial charge in [0.2, 0.25) is 0 Å². The van der Waals surface area contributed by atoms with Gasteiger partial charge in [0.05, 0.1) is 12.7 Å². The second-order valence-corrected chi connectivity index (χ2v) is 4.33. The molecule has 0 unspecified atom stereocenters. The summed E-state index contributed by atoms with van der Waals surface area (Å²) < 4.78 is 29.6. The molecular formula is C7H13N3O4S. The fourth-order valence-electron chi connectivity index (χ4n) is 0.671. The van der Waals surface area contributed by atoms with E-state index in [0.717, 1.165) is 4.31 Å². The topological polar surface area (TPSA) is 99.5 Å². The average Bonchev–Trinajstić information content (AvgIpc) is 2.13. The van der Waals surface area contributed by atoms with Gasteiger partial charge in [-0.2, -0.15) is 18.0 Å². The third kappa shape index (κ3) is 5.19. The highest BCUT2D eigenvalue weighted by Gasteiger charge is 2.20. The summed E-state index contributed by atoms with van der Waals surface area (Å²) in [6.45, 7) is 1.67. The molecule has 0 aromatic heterocycles. The molecule has 1 amide bonds. The summed E-state index contributed by atoms with van der Waals surface area (Å²) in [4.78, 5) is 10.8. The first kappa shape index (κ1) is 13.7. The van der Waals surface area contributed by atoms with Crippen molar-refractivity contribution in [1.82, 2.24) is 9.03 Å². The number of rotatable bonds is 5. The van der Waals surface area contributed by atoms with Crippen molar-refractivity contribution in [2.24, 2.45) is 0 Å². The van der Waals surface area contributed by atoms with Crippen molar-refractivity contribution in [2.45, 2.75) is 13.3 Å². The molecule has 0 aromatic rings. The monoisotopic (exact) mass is 235 g/mol. The third-order valence-electron chi connectivity index (χ3n) is 1.44. The van der Waals surface area contributed by atoms with Crippen LogP contribution in [0.15, 0.2) is 0 Å². The Balaban J connectivity index is 4.30. The van der Waals surface area contributed by atoms with Crippen LogP contribution < -0.4 is 4.72 Å². The van der Waals surface area contributed by atoms with Crippen LogP contribution >= 0.6 is 0 Å². The summed E-state index contributed by atoms with van der Waals surface area (Å²) in [6, 6.07) is 1.80. The zero-order valence-corrected chi connectivity index (χ0v) is 9.37. The van der Waals surface area contributed by atoms with Gasteiger partial charge in [-0.3, -0.25) is 0 Å². The smallest absolute Gasteiger partial charge is 0.421 e. The quantitative estimate of drug-likeness (QED) is 0.712. The van der Waals surface area contributed by atoms with E-state index in [1.165, 1.54) is 7.05 Å². The molecule has 15 heavy (non-hydrogen) atoms. The van der Waals surface area contributed by atoms with E-state index in [9.17, 15) is 13.2 Å². The average molecular weight is 235 g/mol. The van der Waals surface area contributed by atoms with Crippen LogP contribution in [-0.4, -0.2) is 39.0 Å².